The summed E-state index contributed by atoms with van der Waals surface area (Å²) in [6, 6.07) is 3.07. The molecule has 1 spiro atoms. The normalized spacial score (nSPS) is 23.4. The molecule has 35 heavy (non-hydrogen) atoms. The molecule has 0 saturated carbocycles. The molecule has 3 rings (SSSR count). The van der Waals surface area contributed by atoms with Crippen LogP contribution in [0.4, 0.5) is 10.1 Å². The maximum atomic E-state index is 13.3. The smallest absolute Gasteiger partial charge is 0.332 e. The molecule has 0 aromatic heterocycles. The van der Waals surface area contributed by atoms with Crippen molar-refractivity contribution >= 4 is 45.1 Å². The number of hydrogen-bond acceptors (Lipinski definition) is 7. The molecular weight excluding hydrogens is 509 g/mol. The lowest BCUT2D eigenvalue weighted by molar-refractivity contribution is -0.149. The first-order valence-corrected chi connectivity index (χ1v) is 12.5. The molecule has 1 saturated heterocycles. The third-order valence-electron chi connectivity index (χ3n) is 5.50. The lowest BCUT2D eigenvalue weighted by Crippen LogP contribution is -2.42. The number of rotatable bonds is 8. The van der Waals surface area contributed by atoms with Crippen molar-refractivity contribution in [2.24, 2.45) is 0 Å². The molecule has 11 nitrogen and oxygen atoms in total. The molecule has 0 bridgehead atoms. The van der Waals surface area contributed by atoms with Crippen molar-refractivity contribution in [3.8, 4) is 0 Å². The number of anilines is 1. The number of ether oxygens (including phenoxy) is 2. The van der Waals surface area contributed by atoms with Crippen LogP contribution in [0.5, 0.6) is 0 Å². The van der Waals surface area contributed by atoms with Crippen LogP contribution in [0.3, 0.4) is 0 Å². The highest BCUT2D eigenvalue weighted by Gasteiger charge is 2.51. The summed E-state index contributed by atoms with van der Waals surface area (Å²) in [7, 11) is -4.31. The number of aliphatic carboxylic acids is 1. The summed E-state index contributed by atoms with van der Waals surface area (Å²) in [4.78, 5) is 34.8. The second kappa shape index (κ2) is 10.5. The minimum absolute atomic E-state index is 0.0281. The van der Waals surface area contributed by atoms with Crippen LogP contribution in [-0.4, -0.2) is 67.6 Å². The molecule has 192 valence electrons. The van der Waals surface area contributed by atoms with Gasteiger partial charge in [-0.25, -0.2) is 17.6 Å². The van der Waals surface area contributed by atoms with E-state index in [1.165, 1.54) is 13.8 Å². The first kappa shape index (κ1) is 26.9. The van der Waals surface area contributed by atoms with Gasteiger partial charge in [-0.15, -0.1) is 0 Å². The van der Waals surface area contributed by atoms with Gasteiger partial charge in [0.1, 0.15) is 23.3 Å². The number of carboxylic acid groups (broad SMARTS) is 1. The summed E-state index contributed by atoms with van der Waals surface area (Å²) >= 11 is 5.91. The average Bonchev–Trinajstić information content (AvgIpc) is 3.09. The van der Waals surface area contributed by atoms with E-state index in [1.807, 2.05) is 0 Å². The van der Waals surface area contributed by atoms with Crippen LogP contribution in [0.2, 0.25) is 5.02 Å². The zero-order valence-electron chi connectivity index (χ0n) is 18.8. The molecule has 4 N–H and O–H groups in total. The number of carboxylic acids is 1. The number of sulfonamides is 1. The molecule has 1 aliphatic heterocycles. The van der Waals surface area contributed by atoms with Gasteiger partial charge in [-0.2, -0.15) is 0 Å². The Morgan fingerprint density at radius 2 is 1.71 bits per heavy atom. The maximum Gasteiger partial charge on any atom is 0.332 e. The van der Waals surface area contributed by atoms with Crippen molar-refractivity contribution in [3.63, 3.8) is 0 Å². The molecule has 1 unspecified atom stereocenters. The van der Waals surface area contributed by atoms with Crippen LogP contribution in [-0.2, 0) is 33.9 Å². The van der Waals surface area contributed by atoms with Crippen molar-refractivity contribution < 1.29 is 41.8 Å². The maximum absolute atomic E-state index is 13.3. The van der Waals surface area contributed by atoms with Crippen LogP contribution in [0.25, 0.3) is 0 Å². The Kier molecular flexibility index (Phi) is 8.04. The SMILES string of the molecule is CC(=O)NC[C@@H]1OC2(C=C(C(=O)O)C(S(=O)(=O)Nc3ccc(F)cc3Cl)CC2)O[C@H]1CNC(C)=O. The van der Waals surface area contributed by atoms with E-state index in [2.05, 4.69) is 15.4 Å². The number of amides is 2. The average molecular weight is 534 g/mol. The minimum Gasteiger partial charge on any atom is -0.478 e. The molecule has 1 fully saturated rings. The van der Waals surface area contributed by atoms with Gasteiger partial charge >= 0.3 is 5.97 Å². The van der Waals surface area contributed by atoms with Gasteiger partial charge in [0.2, 0.25) is 21.8 Å². The van der Waals surface area contributed by atoms with Crippen molar-refractivity contribution in [3.05, 3.63) is 40.7 Å². The standard InChI is InChI=1S/C21H25ClFN3O8S/c1-11(27)24-9-17-18(10-25-12(2)28)34-21(33-17)6-5-19(14(8-21)20(29)30)35(31,32)26-16-4-3-13(23)7-15(16)22/h3-4,7-8,17-19,26H,5-6,9-10H2,1-2H3,(H,24,27)(H,25,28)(H,29,30)/t17-,18-,19?/m0/s1. The van der Waals surface area contributed by atoms with E-state index in [-0.39, 0.29) is 48.5 Å². The van der Waals surface area contributed by atoms with E-state index in [0.717, 1.165) is 24.3 Å². The minimum atomic E-state index is -4.31. The Labute approximate surface area is 206 Å². The number of halogens is 2. The molecule has 2 aliphatic rings. The summed E-state index contributed by atoms with van der Waals surface area (Å²) in [5.41, 5.74) is -0.586. The Morgan fingerprint density at radius 1 is 1.14 bits per heavy atom. The molecule has 1 aromatic rings. The molecule has 14 heteroatoms. The van der Waals surface area contributed by atoms with Gasteiger partial charge in [0.25, 0.3) is 0 Å². The lowest BCUT2D eigenvalue weighted by atomic mass is 9.94. The fraction of sp³-hybridized carbons (Fsp3) is 0.476. The molecule has 0 radical (unpaired) electrons. The Balaban J connectivity index is 1.88. The summed E-state index contributed by atoms with van der Waals surface area (Å²) in [5, 5.41) is 13.3. The number of carbonyl (C=O) groups excluding carboxylic acids is 2. The van der Waals surface area contributed by atoms with E-state index in [9.17, 15) is 32.3 Å². The molecule has 1 heterocycles. The van der Waals surface area contributed by atoms with Gasteiger partial charge in [-0.1, -0.05) is 11.6 Å². The topological polar surface area (TPSA) is 160 Å². The van der Waals surface area contributed by atoms with E-state index in [1.54, 1.807) is 0 Å². The van der Waals surface area contributed by atoms with Crippen molar-refractivity contribution in [2.75, 3.05) is 17.8 Å². The highest BCUT2D eigenvalue weighted by molar-refractivity contribution is 7.93. The summed E-state index contributed by atoms with van der Waals surface area (Å²) < 4.78 is 53.6. The lowest BCUT2D eigenvalue weighted by Gasteiger charge is -2.33. The Morgan fingerprint density at radius 3 is 2.20 bits per heavy atom. The Bertz CT molecular complexity index is 1130. The van der Waals surface area contributed by atoms with Gasteiger partial charge in [-0.3, -0.25) is 14.3 Å². The zero-order chi connectivity index (χ0) is 26.0. The van der Waals surface area contributed by atoms with Crippen LogP contribution < -0.4 is 15.4 Å². The molecular formula is C21H25ClFN3O8S. The van der Waals surface area contributed by atoms with E-state index in [0.29, 0.717) is 0 Å². The van der Waals surface area contributed by atoms with E-state index in [4.69, 9.17) is 21.1 Å². The highest BCUT2D eigenvalue weighted by atomic mass is 35.5. The first-order valence-electron chi connectivity index (χ1n) is 10.6. The predicted octanol–water partition coefficient (Wildman–Crippen LogP) is 1.15. The second-order valence-corrected chi connectivity index (χ2v) is 10.5. The zero-order valence-corrected chi connectivity index (χ0v) is 20.4. The fourth-order valence-electron chi connectivity index (χ4n) is 3.92. The van der Waals surface area contributed by atoms with Crippen molar-refractivity contribution in [1.82, 2.24) is 10.6 Å². The van der Waals surface area contributed by atoms with Crippen LogP contribution in [0, 0.1) is 5.82 Å². The first-order chi connectivity index (χ1) is 16.3. The van der Waals surface area contributed by atoms with Crippen LogP contribution >= 0.6 is 11.6 Å². The second-order valence-electron chi connectivity index (χ2n) is 8.20. The summed E-state index contributed by atoms with van der Waals surface area (Å²) in [5.74, 6) is -4.38. The highest BCUT2D eigenvalue weighted by Crippen LogP contribution is 2.41. The third-order valence-corrected chi connectivity index (χ3v) is 7.56. The fourth-order valence-corrected chi connectivity index (χ4v) is 5.75. The van der Waals surface area contributed by atoms with E-state index < -0.39 is 50.6 Å². The van der Waals surface area contributed by atoms with Gasteiger partial charge in [0.15, 0.2) is 5.79 Å². The monoisotopic (exact) mass is 533 g/mol. The Hall–Kier alpha value is -2.74. The number of benzene rings is 1. The van der Waals surface area contributed by atoms with Gasteiger partial charge < -0.3 is 25.2 Å². The van der Waals surface area contributed by atoms with E-state index >= 15 is 0 Å². The summed E-state index contributed by atoms with van der Waals surface area (Å²) in [6.45, 7) is 2.69. The number of hydrogen-bond donors (Lipinski definition) is 4. The number of carbonyl (C=O) groups is 3. The molecule has 3 atom stereocenters. The van der Waals surface area contributed by atoms with Crippen LogP contribution in [0.1, 0.15) is 26.7 Å². The third kappa shape index (κ3) is 6.48. The summed E-state index contributed by atoms with van der Waals surface area (Å²) in [6.07, 6.45) is -0.586. The largest absolute Gasteiger partial charge is 0.478 e. The van der Waals surface area contributed by atoms with Gasteiger partial charge in [-0.05, 0) is 30.7 Å². The van der Waals surface area contributed by atoms with Crippen molar-refractivity contribution in [2.45, 2.75) is 49.9 Å². The predicted molar refractivity (Wildman–Crippen MR) is 123 cm³/mol. The number of nitrogens with one attached hydrogen (secondary N) is 3. The molecule has 1 aromatic carbocycles. The van der Waals surface area contributed by atoms with Crippen LogP contribution in [0.15, 0.2) is 29.8 Å². The van der Waals surface area contributed by atoms with Gasteiger partial charge in [0, 0.05) is 33.4 Å². The molecule has 2 amide bonds. The molecule has 1 aliphatic carbocycles. The van der Waals surface area contributed by atoms with Crippen molar-refractivity contribution in [1.29, 1.82) is 0 Å². The van der Waals surface area contributed by atoms with Gasteiger partial charge in [0.05, 0.1) is 16.3 Å². The quantitative estimate of drug-likeness (QED) is 0.387.